The van der Waals surface area contributed by atoms with Crippen molar-refractivity contribution < 1.29 is 14.6 Å². The van der Waals surface area contributed by atoms with Gasteiger partial charge in [0.25, 0.3) is 0 Å². The predicted octanol–water partition coefficient (Wildman–Crippen LogP) is 0.877. The van der Waals surface area contributed by atoms with Crippen LogP contribution in [0.25, 0.3) is 0 Å². The molecule has 0 unspecified atom stereocenters. The maximum atomic E-state index is 10.6. The molecule has 0 fully saturated rings. The molecule has 64 valence electrons. The summed E-state index contributed by atoms with van der Waals surface area (Å²) in [5, 5.41) is 8.79. The molecule has 0 aromatic heterocycles. The number of rotatable bonds is 4. The number of hydrogen-bond donors (Lipinski definition) is 1. The molecule has 0 saturated carbocycles. The maximum absolute atomic E-state index is 10.6. The van der Waals surface area contributed by atoms with Gasteiger partial charge in [-0.3, -0.25) is 0 Å². The Balaban J connectivity index is 3.48. The van der Waals surface area contributed by atoms with Crippen LogP contribution in [0.3, 0.4) is 0 Å². The van der Waals surface area contributed by atoms with Gasteiger partial charge in [0.15, 0.2) is 0 Å². The molecule has 0 aromatic carbocycles. The maximum Gasteiger partial charge on any atom is 0.330 e. The van der Waals surface area contributed by atoms with Crippen molar-refractivity contribution in [3.8, 4) is 0 Å². The number of ether oxygens (including phenoxy) is 1. The quantitative estimate of drug-likeness (QED) is 0.488. The number of aliphatic hydroxyl groups excluding tert-OH is 1. The van der Waals surface area contributed by atoms with Crippen molar-refractivity contribution in [2.45, 2.75) is 26.4 Å². The largest absolute Gasteiger partial charge is 0.463 e. The summed E-state index contributed by atoms with van der Waals surface area (Å²) in [5.74, 6) is -0.354. The van der Waals surface area contributed by atoms with Gasteiger partial charge in [-0.05, 0) is 20.3 Å². The highest BCUT2D eigenvalue weighted by Crippen LogP contribution is 1.91. The number of aliphatic hydroxyl groups is 1. The van der Waals surface area contributed by atoms with Crippen LogP contribution in [0.4, 0.5) is 0 Å². The van der Waals surface area contributed by atoms with E-state index in [1.54, 1.807) is 19.9 Å². The molecule has 0 aliphatic rings. The minimum atomic E-state index is -0.402. The first-order chi connectivity index (χ1) is 5.16. The van der Waals surface area contributed by atoms with Crippen LogP contribution >= 0.6 is 0 Å². The van der Waals surface area contributed by atoms with E-state index in [4.69, 9.17) is 5.11 Å². The van der Waals surface area contributed by atoms with Crippen molar-refractivity contribution in [1.82, 2.24) is 0 Å². The lowest BCUT2D eigenvalue weighted by molar-refractivity contribution is -0.137. The zero-order valence-electron chi connectivity index (χ0n) is 6.91. The molecule has 0 heterocycles. The standard InChI is InChI=1S/C8H14O3/c1-3-11-8(10)6-4-5-7(2)9/h4,6-7,9H,3,5H2,1-2H3/b6-4+/t7-/m0/s1. The van der Waals surface area contributed by atoms with Gasteiger partial charge in [0, 0.05) is 6.08 Å². The second kappa shape index (κ2) is 5.92. The van der Waals surface area contributed by atoms with E-state index in [1.807, 2.05) is 0 Å². The normalized spacial score (nSPS) is 13.4. The molecule has 0 spiro atoms. The number of esters is 1. The number of hydrogen-bond acceptors (Lipinski definition) is 3. The topological polar surface area (TPSA) is 46.5 Å². The van der Waals surface area contributed by atoms with Crippen LogP contribution in [0, 0.1) is 0 Å². The smallest absolute Gasteiger partial charge is 0.330 e. The molecule has 0 saturated heterocycles. The van der Waals surface area contributed by atoms with E-state index in [-0.39, 0.29) is 5.97 Å². The van der Waals surface area contributed by atoms with Gasteiger partial charge >= 0.3 is 5.97 Å². The lowest BCUT2D eigenvalue weighted by Gasteiger charge is -1.96. The van der Waals surface area contributed by atoms with Crippen LogP contribution in [-0.2, 0) is 9.53 Å². The molecule has 0 radical (unpaired) electrons. The Kier molecular flexibility index (Phi) is 5.47. The first-order valence-corrected chi connectivity index (χ1v) is 3.68. The Morgan fingerprint density at radius 1 is 1.73 bits per heavy atom. The molecule has 0 aliphatic carbocycles. The van der Waals surface area contributed by atoms with E-state index < -0.39 is 6.10 Å². The van der Waals surface area contributed by atoms with Gasteiger partial charge in [-0.25, -0.2) is 4.79 Å². The van der Waals surface area contributed by atoms with E-state index >= 15 is 0 Å². The van der Waals surface area contributed by atoms with Crippen LogP contribution in [0.15, 0.2) is 12.2 Å². The first-order valence-electron chi connectivity index (χ1n) is 3.68. The molecule has 0 rings (SSSR count). The van der Waals surface area contributed by atoms with E-state index in [9.17, 15) is 4.79 Å². The zero-order chi connectivity index (χ0) is 8.69. The van der Waals surface area contributed by atoms with Crippen molar-refractivity contribution in [2.75, 3.05) is 6.61 Å². The summed E-state index contributed by atoms with van der Waals surface area (Å²) in [7, 11) is 0. The van der Waals surface area contributed by atoms with Crippen molar-refractivity contribution in [2.24, 2.45) is 0 Å². The van der Waals surface area contributed by atoms with Crippen molar-refractivity contribution in [3.63, 3.8) is 0 Å². The van der Waals surface area contributed by atoms with E-state index in [1.165, 1.54) is 6.08 Å². The fourth-order valence-corrected chi connectivity index (χ4v) is 0.552. The highest BCUT2D eigenvalue weighted by molar-refractivity contribution is 5.81. The lowest BCUT2D eigenvalue weighted by Crippen LogP contribution is -2.00. The van der Waals surface area contributed by atoms with Gasteiger partial charge in [0.1, 0.15) is 0 Å². The van der Waals surface area contributed by atoms with Gasteiger partial charge in [-0.1, -0.05) is 6.08 Å². The zero-order valence-corrected chi connectivity index (χ0v) is 6.91. The molecule has 11 heavy (non-hydrogen) atoms. The summed E-state index contributed by atoms with van der Waals surface area (Å²) in [6, 6.07) is 0. The second-order valence-electron chi connectivity index (χ2n) is 2.24. The summed E-state index contributed by atoms with van der Waals surface area (Å²) in [6.45, 7) is 3.80. The minimum absolute atomic E-state index is 0.354. The molecular weight excluding hydrogens is 144 g/mol. The third-order valence-corrected chi connectivity index (χ3v) is 1.02. The third kappa shape index (κ3) is 7.06. The highest BCUT2D eigenvalue weighted by atomic mass is 16.5. The van der Waals surface area contributed by atoms with Crippen LogP contribution in [0.2, 0.25) is 0 Å². The molecule has 0 amide bonds. The first kappa shape index (κ1) is 10.2. The van der Waals surface area contributed by atoms with Crippen molar-refractivity contribution in [1.29, 1.82) is 0 Å². The highest BCUT2D eigenvalue weighted by Gasteiger charge is 1.93. The SMILES string of the molecule is CCOC(=O)/C=C/C[C@H](C)O. The molecule has 3 heteroatoms. The molecular formula is C8H14O3. The summed E-state index contributed by atoms with van der Waals surface area (Å²) < 4.78 is 4.62. The average molecular weight is 158 g/mol. The number of carbonyl (C=O) groups is 1. The Morgan fingerprint density at radius 2 is 2.36 bits per heavy atom. The van der Waals surface area contributed by atoms with E-state index in [2.05, 4.69) is 4.74 Å². The van der Waals surface area contributed by atoms with Crippen LogP contribution in [0.5, 0.6) is 0 Å². The van der Waals surface area contributed by atoms with Crippen LogP contribution < -0.4 is 0 Å². The van der Waals surface area contributed by atoms with Crippen molar-refractivity contribution >= 4 is 5.97 Å². The Morgan fingerprint density at radius 3 is 2.82 bits per heavy atom. The van der Waals surface area contributed by atoms with Gasteiger partial charge in [0.2, 0.25) is 0 Å². The second-order valence-corrected chi connectivity index (χ2v) is 2.24. The molecule has 0 aliphatic heterocycles. The fourth-order valence-electron chi connectivity index (χ4n) is 0.552. The summed E-state index contributed by atoms with van der Waals surface area (Å²) in [5.41, 5.74) is 0. The number of carbonyl (C=O) groups excluding carboxylic acids is 1. The third-order valence-electron chi connectivity index (χ3n) is 1.02. The van der Waals surface area contributed by atoms with Gasteiger partial charge in [-0.2, -0.15) is 0 Å². The Bertz CT molecular complexity index is 138. The van der Waals surface area contributed by atoms with Gasteiger partial charge < -0.3 is 9.84 Å². The molecule has 3 nitrogen and oxygen atoms in total. The monoisotopic (exact) mass is 158 g/mol. The van der Waals surface area contributed by atoms with Gasteiger partial charge in [0.05, 0.1) is 12.7 Å². The average Bonchev–Trinajstić information content (AvgIpc) is 1.87. The Labute approximate surface area is 66.7 Å². The summed E-state index contributed by atoms with van der Waals surface area (Å²) in [6.07, 6.45) is 3.01. The van der Waals surface area contributed by atoms with E-state index in [0.717, 1.165) is 0 Å². The van der Waals surface area contributed by atoms with Crippen LogP contribution in [0.1, 0.15) is 20.3 Å². The molecule has 0 bridgehead atoms. The van der Waals surface area contributed by atoms with Crippen molar-refractivity contribution in [3.05, 3.63) is 12.2 Å². The van der Waals surface area contributed by atoms with Crippen LogP contribution in [-0.4, -0.2) is 23.8 Å². The summed E-state index contributed by atoms with van der Waals surface area (Å²) >= 11 is 0. The fraction of sp³-hybridized carbons (Fsp3) is 0.625. The molecule has 0 aromatic rings. The molecule has 1 N–H and O–H groups in total. The molecule has 1 atom stereocenters. The predicted molar refractivity (Wildman–Crippen MR) is 42.1 cm³/mol. The van der Waals surface area contributed by atoms with Gasteiger partial charge in [-0.15, -0.1) is 0 Å². The Hall–Kier alpha value is -0.830. The lowest BCUT2D eigenvalue weighted by atomic mass is 10.3. The minimum Gasteiger partial charge on any atom is -0.463 e. The summed E-state index contributed by atoms with van der Waals surface area (Å²) in [4.78, 5) is 10.6. The van der Waals surface area contributed by atoms with E-state index in [0.29, 0.717) is 13.0 Å².